The lowest BCUT2D eigenvalue weighted by atomic mass is 10.3. The molecule has 0 radical (unpaired) electrons. The summed E-state index contributed by atoms with van der Waals surface area (Å²) in [5.74, 6) is 0.596. The molecule has 1 atom stereocenters. The molecule has 19 heavy (non-hydrogen) atoms. The molecule has 1 aromatic rings. The molecule has 1 unspecified atom stereocenters. The van der Waals surface area contributed by atoms with E-state index in [-0.39, 0.29) is 25.0 Å². The standard InChI is InChI=1S/C11H20N4O3S/c1-9(15-8-6-12-10(15)2)11(16)13-5-7-14(3)19(4,17)18/h6,8-9H,5,7H2,1-4H3,(H,13,16). The van der Waals surface area contributed by atoms with Crippen LogP contribution < -0.4 is 5.32 Å². The highest BCUT2D eigenvalue weighted by Crippen LogP contribution is 2.08. The Kier molecular flexibility index (Phi) is 5.07. The molecule has 0 aromatic carbocycles. The molecule has 1 heterocycles. The molecule has 1 rings (SSSR count). The van der Waals surface area contributed by atoms with Crippen LogP contribution in [-0.4, -0.2) is 54.6 Å². The molecule has 1 aromatic heterocycles. The summed E-state index contributed by atoms with van der Waals surface area (Å²) in [5, 5.41) is 2.71. The minimum Gasteiger partial charge on any atom is -0.353 e. The summed E-state index contributed by atoms with van der Waals surface area (Å²) in [5.41, 5.74) is 0. The van der Waals surface area contributed by atoms with Crippen molar-refractivity contribution in [2.45, 2.75) is 19.9 Å². The maximum Gasteiger partial charge on any atom is 0.242 e. The summed E-state index contributed by atoms with van der Waals surface area (Å²) >= 11 is 0. The van der Waals surface area contributed by atoms with Crippen LogP contribution in [0.25, 0.3) is 0 Å². The quantitative estimate of drug-likeness (QED) is 0.783. The number of likely N-dealkylation sites (N-methyl/N-ethyl adjacent to an activating group) is 1. The Hall–Kier alpha value is -1.41. The summed E-state index contributed by atoms with van der Waals surface area (Å²) in [6.07, 6.45) is 4.51. The molecule has 0 saturated carbocycles. The lowest BCUT2D eigenvalue weighted by Gasteiger charge is -2.17. The molecule has 1 N–H and O–H groups in total. The van der Waals surface area contributed by atoms with Crippen LogP contribution >= 0.6 is 0 Å². The molecule has 0 spiro atoms. The number of carbonyl (C=O) groups is 1. The third kappa shape index (κ3) is 4.32. The number of aromatic nitrogens is 2. The van der Waals surface area contributed by atoms with E-state index in [1.165, 1.54) is 11.4 Å². The van der Waals surface area contributed by atoms with Gasteiger partial charge >= 0.3 is 0 Å². The van der Waals surface area contributed by atoms with E-state index in [9.17, 15) is 13.2 Å². The zero-order valence-corrected chi connectivity index (χ0v) is 12.4. The first-order valence-electron chi connectivity index (χ1n) is 5.92. The van der Waals surface area contributed by atoms with Crippen molar-refractivity contribution in [3.63, 3.8) is 0 Å². The number of hydrogen-bond donors (Lipinski definition) is 1. The minimum absolute atomic E-state index is 0.164. The molecule has 0 aliphatic carbocycles. The summed E-state index contributed by atoms with van der Waals surface area (Å²) < 4.78 is 25.3. The average Bonchev–Trinajstić information content (AvgIpc) is 2.72. The van der Waals surface area contributed by atoms with Crippen LogP contribution in [0.1, 0.15) is 18.8 Å². The van der Waals surface area contributed by atoms with Gasteiger partial charge in [0.15, 0.2) is 0 Å². The summed E-state index contributed by atoms with van der Waals surface area (Å²) in [6, 6.07) is -0.369. The van der Waals surface area contributed by atoms with Crippen LogP contribution in [0.15, 0.2) is 12.4 Å². The second-order valence-electron chi connectivity index (χ2n) is 4.43. The summed E-state index contributed by atoms with van der Waals surface area (Å²) in [7, 11) is -1.73. The van der Waals surface area contributed by atoms with Gasteiger partial charge in [-0.15, -0.1) is 0 Å². The zero-order valence-electron chi connectivity index (χ0n) is 11.6. The molecule has 0 fully saturated rings. The molecule has 108 valence electrons. The Morgan fingerprint density at radius 1 is 1.58 bits per heavy atom. The highest BCUT2D eigenvalue weighted by Gasteiger charge is 2.16. The molecule has 0 bridgehead atoms. The molecule has 0 aliphatic rings. The SMILES string of the molecule is Cc1nccn1C(C)C(=O)NCCN(C)S(C)(=O)=O. The van der Waals surface area contributed by atoms with Crippen molar-refractivity contribution < 1.29 is 13.2 Å². The van der Waals surface area contributed by atoms with Gasteiger partial charge < -0.3 is 9.88 Å². The van der Waals surface area contributed by atoms with Crippen LogP contribution in [0.5, 0.6) is 0 Å². The van der Waals surface area contributed by atoms with E-state index in [1.54, 1.807) is 23.9 Å². The van der Waals surface area contributed by atoms with Gasteiger partial charge in [-0.25, -0.2) is 17.7 Å². The van der Waals surface area contributed by atoms with Crippen molar-refractivity contribution in [3.8, 4) is 0 Å². The van der Waals surface area contributed by atoms with Gasteiger partial charge in [-0.2, -0.15) is 0 Å². The Balaban J connectivity index is 2.47. The smallest absolute Gasteiger partial charge is 0.242 e. The van der Waals surface area contributed by atoms with Gasteiger partial charge in [0, 0.05) is 32.5 Å². The van der Waals surface area contributed by atoms with Crippen molar-refractivity contribution >= 4 is 15.9 Å². The Morgan fingerprint density at radius 3 is 2.68 bits per heavy atom. The number of carbonyl (C=O) groups excluding carboxylic acids is 1. The molecule has 0 aliphatic heterocycles. The van der Waals surface area contributed by atoms with E-state index in [4.69, 9.17) is 0 Å². The number of nitrogens with zero attached hydrogens (tertiary/aromatic N) is 3. The lowest BCUT2D eigenvalue weighted by Crippen LogP contribution is -2.38. The number of rotatable bonds is 6. The van der Waals surface area contributed by atoms with Gasteiger partial charge in [-0.1, -0.05) is 0 Å². The first kappa shape index (κ1) is 15.6. The Bertz CT molecular complexity index is 538. The normalized spacial score (nSPS) is 13.5. The van der Waals surface area contributed by atoms with Crippen molar-refractivity contribution in [3.05, 3.63) is 18.2 Å². The van der Waals surface area contributed by atoms with Gasteiger partial charge in [-0.05, 0) is 13.8 Å². The number of imidazole rings is 1. The molecular formula is C11H20N4O3S. The van der Waals surface area contributed by atoms with Gasteiger partial charge in [-0.3, -0.25) is 4.79 Å². The maximum absolute atomic E-state index is 11.9. The number of hydrogen-bond acceptors (Lipinski definition) is 4. The predicted molar refractivity (Wildman–Crippen MR) is 72.2 cm³/mol. The largest absolute Gasteiger partial charge is 0.353 e. The minimum atomic E-state index is -3.20. The third-order valence-corrected chi connectivity index (χ3v) is 4.27. The van der Waals surface area contributed by atoms with Crippen molar-refractivity contribution in [1.82, 2.24) is 19.2 Å². The van der Waals surface area contributed by atoms with Crippen molar-refractivity contribution in [1.29, 1.82) is 0 Å². The van der Waals surface area contributed by atoms with Gasteiger partial charge in [0.25, 0.3) is 0 Å². The molecule has 8 heteroatoms. The predicted octanol–water partition coefficient (Wildman–Crippen LogP) is -0.240. The molecule has 0 saturated heterocycles. The highest BCUT2D eigenvalue weighted by atomic mass is 32.2. The van der Waals surface area contributed by atoms with E-state index in [2.05, 4.69) is 10.3 Å². The Morgan fingerprint density at radius 2 is 2.21 bits per heavy atom. The van der Waals surface area contributed by atoms with Gasteiger partial charge in [0.1, 0.15) is 11.9 Å². The van der Waals surface area contributed by atoms with E-state index in [1.807, 2.05) is 6.92 Å². The van der Waals surface area contributed by atoms with E-state index in [0.717, 1.165) is 12.1 Å². The number of amides is 1. The highest BCUT2D eigenvalue weighted by molar-refractivity contribution is 7.88. The van der Waals surface area contributed by atoms with Crippen molar-refractivity contribution in [2.75, 3.05) is 26.4 Å². The zero-order chi connectivity index (χ0) is 14.6. The fraction of sp³-hybridized carbons (Fsp3) is 0.636. The van der Waals surface area contributed by atoms with Gasteiger partial charge in [0.2, 0.25) is 15.9 Å². The first-order valence-corrected chi connectivity index (χ1v) is 7.76. The fourth-order valence-electron chi connectivity index (χ4n) is 1.57. The lowest BCUT2D eigenvalue weighted by molar-refractivity contribution is -0.123. The van der Waals surface area contributed by atoms with Gasteiger partial charge in [0.05, 0.1) is 6.26 Å². The number of nitrogens with one attached hydrogen (secondary N) is 1. The van der Waals surface area contributed by atoms with Crippen LogP contribution in [0, 0.1) is 6.92 Å². The van der Waals surface area contributed by atoms with E-state index in [0.29, 0.717) is 0 Å². The Labute approximate surface area is 113 Å². The summed E-state index contributed by atoms with van der Waals surface area (Å²) in [4.78, 5) is 16.0. The fourth-order valence-corrected chi connectivity index (χ4v) is 2.00. The van der Waals surface area contributed by atoms with E-state index >= 15 is 0 Å². The average molecular weight is 288 g/mol. The van der Waals surface area contributed by atoms with Crippen LogP contribution in [0.2, 0.25) is 0 Å². The molecule has 7 nitrogen and oxygen atoms in total. The molecular weight excluding hydrogens is 268 g/mol. The van der Waals surface area contributed by atoms with E-state index < -0.39 is 10.0 Å². The maximum atomic E-state index is 11.9. The second kappa shape index (κ2) is 6.16. The van der Waals surface area contributed by atoms with Crippen LogP contribution in [-0.2, 0) is 14.8 Å². The first-order chi connectivity index (χ1) is 8.73. The second-order valence-corrected chi connectivity index (χ2v) is 6.52. The molecule has 1 amide bonds. The topological polar surface area (TPSA) is 84.3 Å². The number of sulfonamides is 1. The number of aryl methyl sites for hydroxylation is 1. The van der Waals surface area contributed by atoms with Crippen LogP contribution in [0.4, 0.5) is 0 Å². The van der Waals surface area contributed by atoms with Crippen molar-refractivity contribution in [2.24, 2.45) is 0 Å². The monoisotopic (exact) mass is 288 g/mol. The van der Waals surface area contributed by atoms with Crippen LogP contribution in [0.3, 0.4) is 0 Å². The third-order valence-electron chi connectivity index (χ3n) is 2.95. The summed E-state index contributed by atoms with van der Waals surface area (Å²) in [6.45, 7) is 4.12.